The van der Waals surface area contributed by atoms with Crippen molar-refractivity contribution in [1.82, 2.24) is 4.98 Å². The van der Waals surface area contributed by atoms with Crippen LogP contribution in [0.5, 0.6) is 5.75 Å². The van der Waals surface area contributed by atoms with Crippen LogP contribution in [0.1, 0.15) is 13.8 Å². The number of ether oxygens (including phenoxy) is 2. The summed E-state index contributed by atoms with van der Waals surface area (Å²) in [7, 11) is 1.71. The number of nitrogens with zero attached hydrogens (tertiary/aromatic N) is 1. The molecule has 0 aliphatic heterocycles. The molecule has 0 saturated carbocycles. The average molecular weight is 224 g/mol. The van der Waals surface area contributed by atoms with Gasteiger partial charge in [0.1, 0.15) is 0 Å². The molecular formula is C12H20N2O2. The summed E-state index contributed by atoms with van der Waals surface area (Å²) < 4.78 is 10.6. The van der Waals surface area contributed by atoms with E-state index >= 15 is 0 Å². The lowest BCUT2D eigenvalue weighted by Crippen LogP contribution is -2.16. The van der Waals surface area contributed by atoms with Gasteiger partial charge in [-0.2, -0.15) is 0 Å². The second-order valence-electron chi connectivity index (χ2n) is 3.72. The van der Waals surface area contributed by atoms with Gasteiger partial charge >= 0.3 is 0 Å². The van der Waals surface area contributed by atoms with Crippen LogP contribution in [0, 0.1) is 5.92 Å². The Hall–Kier alpha value is -1.29. The van der Waals surface area contributed by atoms with Gasteiger partial charge in [0, 0.05) is 19.9 Å². The lowest BCUT2D eigenvalue weighted by Gasteiger charge is -2.14. The van der Waals surface area contributed by atoms with Gasteiger partial charge in [0.2, 0.25) is 0 Å². The predicted molar refractivity (Wildman–Crippen MR) is 64.9 cm³/mol. The Morgan fingerprint density at radius 1 is 1.50 bits per heavy atom. The largest absolute Gasteiger partial charge is 0.490 e. The summed E-state index contributed by atoms with van der Waals surface area (Å²) in [4.78, 5) is 4.25. The highest BCUT2D eigenvalue weighted by Gasteiger charge is 2.06. The van der Waals surface area contributed by atoms with Crippen LogP contribution in [0.4, 0.5) is 5.82 Å². The Morgan fingerprint density at radius 2 is 2.31 bits per heavy atom. The van der Waals surface area contributed by atoms with E-state index < -0.39 is 0 Å². The number of methoxy groups -OCH3 is 1. The fraction of sp³-hybridized carbons (Fsp3) is 0.583. The number of hydrogen-bond donors (Lipinski definition) is 1. The molecule has 0 aromatic carbocycles. The molecule has 1 heterocycles. The lowest BCUT2D eigenvalue weighted by molar-refractivity contribution is 0.164. The number of aromatic nitrogens is 1. The molecule has 0 amide bonds. The number of anilines is 1. The van der Waals surface area contributed by atoms with Gasteiger partial charge in [-0.15, -0.1) is 0 Å². The van der Waals surface area contributed by atoms with Crippen molar-refractivity contribution in [3.63, 3.8) is 0 Å². The zero-order valence-electron chi connectivity index (χ0n) is 10.2. The van der Waals surface area contributed by atoms with Crippen LogP contribution in [0.15, 0.2) is 18.3 Å². The maximum Gasteiger partial charge on any atom is 0.168 e. The minimum absolute atomic E-state index is 0.446. The van der Waals surface area contributed by atoms with Crippen LogP contribution < -0.4 is 10.1 Å². The van der Waals surface area contributed by atoms with E-state index in [1.165, 1.54) is 0 Å². The molecule has 0 spiro atoms. The van der Waals surface area contributed by atoms with Crippen molar-refractivity contribution in [3.05, 3.63) is 18.3 Å². The maximum absolute atomic E-state index is 5.47. The topological polar surface area (TPSA) is 43.4 Å². The summed E-state index contributed by atoms with van der Waals surface area (Å²) in [5.74, 6) is 2.04. The molecule has 90 valence electrons. The minimum atomic E-state index is 0.446. The molecule has 0 aliphatic rings. The van der Waals surface area contributed by atoms with E-state index in [2.05, 4.69) is 17.2 Å². The van der Waals surface area contributed by atoms with Crippen LogP contribution in [-0.2, 0) is 4.74 Å². The highest BCUT2D eigenvalue weighted by molar-refractivity contribution is 5.49. The zero-order valence-corrected chi connectivity index (χ0v) is 10.2. The standard InChI is InChI=1S/C12H20N2O2/c1-4-16-11-6-5-7-13-12(11)14-8-10(2)9-15-3/h5-7,10H,4,8-9H2,1-3H3,(H,13,14). The average Bonchev–Trinajstić information content (AvgIpc) is 2.29. The van der Waals surface area contributed by atoms with E-state index in [1.54, 1.807) is 13.3 Å². The first-order chi connectivity index (χ1) is 7.77. The van der Waals surface area contributed by atoms with E-state index in [1.807, 2.05) is 19.1 Å². The summed E-state index contributed by atoms with van der Waals surface area (Å²) in [5.41, 5.74) is 0. The molecule has 1 unspecified atom stereocenters. The van der Waals surface area contributed by atoms with Gasteiger partial charge in [0.25, 0.3) is 0 Å². The molecule has 0 saturated heterocycles. The second kappa shape index (κ2) is 7.06. The van der Waals surface area contributed by atoms with Gasteiger partial charge < -0.3 is 14.8 Å². The van der Waals surface area contributed by atoms with Crippen LogP contribution in [0.25, 0.3) is 0 Å². The highest BCUT2D eigenvalue weighted by atomic mass is 16.5. The van der Waals surface area contributed by atoms with Crippen molar-refractivity contribution in [3.8, 4) is 5.75 Å². The number of rotatable bonds is 7. The monoisotopic (exact) mass is 224 g/mol. The van der Waals surface area contributed by atoms with Crippen molar-refractivity contribution < 1.29 is 9.47 Å². The van der Waals surface area contributed by atoms with E-state index in [4.69, 9.17) is 9.47 Å². The SMILES string of the molecule is CCOc1cccnc1NCC(C)COC. The quantitative estimate of drug-likeness (QED) is 0.771. The Balaban J connectivity index is 2.52. The van der Waals surface area contributed by atoms with Crippen molar-refractivity contribution in [2.45, 2.75) is 13.8 Å². The van der Waals surface area contributed by atoms with Crippen molar-refractivity contribution in [1.29, 1.82) is 0 Å². The Labute approximate surface area is 97.0 Å². The lowest BCUT2D eigenvalue weighted by atomic mass is 10.2. The second-order valence-corrected chi connectivity index (χ2v) is 3.72. The number of nitrogens with one attached hydrogen (secondary N) is 1. The van der Waals surface area contributed by atoms with E-state index in [0.717, 1.165) is 24.7 Å². The van der Waals surface area contributed by atoms with E-state index in [0.29, 0.717) is 12.5 Å². The molecule has 1 aromatic rings. The van der Waals surface area contributed by atoms with Gasteiger partial charge in [-0.25, -0.2) is 4.98 Å². The third-order valence-corrected chi connectivity index (χ3v) is 2.14. The van der Waals surface area contributed by atoms with Crippen LogP contribution >= 0.6 is 0 Å². The third kappa shape index (κ3) is 4.06. The summed E-state index contributed by atoms with van der Waals surface area (Å²) >= 11 is 0. The molecule has 1 rings (SSSR count). The fourth-order valence-corrected chi connectivity index (χ4v) is 1.41. The summed E-state index contributed by atoms with van der Waals surface area (Å²) in [6.07, 6.45) is 1.76. The number of hydrogen-bond acceptors (Lipinski definition) is 4. The third-order valence-electron chi connectivity index (χ3n) is 2.14. The Morgan fingerprint density at radius 3 is 3.00 bits per heavy atom. The summed E-state index contributed by atoms with van der Waals surface area (Å²) in [5, 5.41) is 3.27. The molecule has 0 aliphatic carbocycles. The molecule has 1 N–H and O–H groups in total. The van der Waals surface area contributed by atoms with Crippen molar-refractivity contribution in [2.24, 2.45) is 5.92 Å². The first kappa shape index (κ1) is 12.8. The zero-order chi connectivity index (χ0) is 11.8. The molecule has 0 bridgehead atoms. The molecule has 4 nitrogen and oxygen atoms in total. The Kier molecular flexibility index (Phi) is 5.64. The van der Waals surface area contributed by atoms with Crippen molar-refractivity contribution >= 4 is 5.82 Å². The first-order valence-corrected chi connectivity index (χ1v) is 5.58. The molecule has 0 fully saturated rings. The number of pyridine rings is 1. The molecule has 1 aromatic heterocycles. The van der Waals surface area contributed by atoms with Crippen LogP contribution in [-0.4, -0.2) is 31.9 Å². The summed E-state index contributed by atoms with van der Waals surface area (Å²) in [6, 6.07) is 3.79. The smallest absolute Gasteiger partial charge is 0.168 e. The first-order valence-electron chi connectivity index (χ1n) is 5.58. The fourth-order valence-electron chi connectivity index (χ4n) is 1.41. The van der Waals surface area contributed by atoms with Gasteiger partial charge in [0.05, 0.1) is 13.2 Å². The van der Waals surface area contributed by atoms with Crippen molar-refractivity contribution in [2.75, 3.05) is 32.2 Å². The normalized spacial score (nSPS) is 12.2. The Bertz CT molecular complexity index is 305. The van der Waals surface area contributed by atoms with Crippen LogP contribution in [0.2, 0.25) is 0 Å². The van der Waals surface area contributed by atoms with E-state index in [9.17, 15) is 0 Å². The van der Waals surface area contributed by atoms with Gasteiger partial charge in [-0.3, -0.25) is 0 Å². The molecule has 16 heavy (non-hydrogen) atoms. The van der Waals surface area contributed by atoms with Gasteiger partial charge in [-0.05, 0) is 25.0 Å². The van der Waals surface area contributed by atoms with Crippen LogP contribution in [0.3, 0.4) is 0 Å². The molecule has 0 radical (unpaired) electrons. The maximum atomic E-state index is 5.47. The van der Waals surface area contributed by atoms with Gasteiger partial charge in [0.15, 0.2) is 11.6 Å². The minimum Gasteiger partial charge on any atom is -0.490 e. The highest BCUT2D eigenvalue weighted by Crippen LogP contribution is 2.20. The summed E-state index contributed by atoms with van der Waals surface area (Å²) in [6.45, 7) is 6.30. The molecule has 1 atom stereocenters. The molecule has 4 heteroatoms. The van der Waals surface area contributed by atoms with E-state index in [-0.39, 0.29) is 0 Å². The molecular weight excluding hydrogens is 204 g/mol. The predicted octanol–water partition coefficient (Wildman–Crippen LogP) is 2.17. The van der Waals surface area contributed by atoms with Gasteiger partial charge in [-0.1, -0.05) is 6.92 Å².